The fourth-order valence-electron chi connectivity index (χ4n) is 8.03. The SMILES string of the molecule is Oc1c(CC2CO2)cccc1C1C2CC3CC(C2)CC1(c1cccc(CC2CO2)c1O)C3. The third kappa shape index (κ3) is 3.03. The Kier molecular flexibility index (Phi) is 4.24. The van der Waals surface area contributed by atoms with Gasteiger partial charge in [-0.1, -0.05) is 36.4 Å². The van der Waals surface area contributed by atoms with Crippen molar-refractivity contribution >= 4 is 0 Å². The van der Waals surface area contributed by atoms with Crippen LogP contribution < -0.4 is 0 Å². The summed E-state index contributed by atoms with van der Waals surface area (Å²) in [7, 11) is 0. The van der Waals surface area contributed by atoms with Gasteiger partial charge in [0, 0.05) is 29.7 Å². The minimum absolute atomic E-state index is 0.0918. The standard InChI is InChI=1S/C28H32O4/c29-26-18(10-21-14-31-21)3-1-5-23(26)25-20-8-16-7-17(9-20)13-28(25,12-16)24-6-2-4-19(27(24)30)11-22-15-32-22/h1-6,16-17,20-22,25,29-30H,7-15H2. The van der Waals surface area contributed by atoms with Crippen LogP contribution >= 0.6 is 0 Å². The molecule has 168 valence electrons. The topological polar surface area (TPSA) is 65.5 Å². The van der Waals surface area contributed by atoms with Gasteiger partial charge in [0.15, 0.2) is 0 Å². The van der Waals surface area contributed by atoms with Gasteiger partial charge in [-0.25, -0.2) is 0 Å². The molecule has 2 aromatic rings. The van der Waals surface area contributed by atoms with Crippen LogP contribution in [0.4, 0.5) is 0 Å². The number of ether oxygens (including phenoxy) is 2. The second-order valence-corrected chi connectivity index (χ2v) is 11.2. The quantitative estimate of drug-likeness (QED) is 0.641. The molecule has 0 spiro atoms. The molecule has 4 nitrogen and oxygen atoms in total. The number of phenolic OH excluding ortho intramolecular Hbond substituents is 2. The van der Waals surface area contributed by atoms with E-state index in [0.717, 1.165) is 73.0 Å². The van der Waals surface area contributed by atoms with Crippen LogP contribution in [0.5, 0.6) is 11.5 Å². The molecule has 2 saturated heterocycles. The summed E-state index contributed by atoms with van der Waals surface area (Å²) in [5.41, 5.74) is 4.16. The highest BCUT2D eigenvalue weighted by Gasteiger charge is 2.59. The van der Waals surface area contributed by atoms with Crippen molar-refractivity contribution in [2.75, 3.05) is 13.2 Å². The number of hydrogen-bond acceptors (Lipinski definition) is 4. The third-order valence-electron chi connectivity index (χ3n) is 9.15. The van der Waals surface area contributed by atoms with E-state index in [1.165, 1.54) is 19.3 Å². The Labute approximate surface area is 189 Å². The van der Waals surface area contributed by atoms with Gasteiger partial charge >= 0.3 is 0 Å². The molecule has 2 aliphatic heterocycles. The zero-order valence-electron chi connectivity index (χ0n) is 18.5. The van der Waals surface area contributed by atoms with E-state index in [1.54, 1.807) is 0 Å². The first-order valence-electron chi connectivity index (χ1n) is 12.5. The van der Waals surface area contributed by atoms with Gasteiger partial charge in [0.25, 0.3) is 0 Å². The molecule has 2 heterocycles. The zero-order chi connectivity index (χ0) is 21.4. The lowest BCUT2D eigenvalue weighted by atomic mass is 9.42. The summed E-state index contributed by atoms with van der Waals surface area (Å²) >= 11 is 0. The molecule has 4 aliphatic carbocycles. The third-order valence-corrected chi connectivity index (χ3v) is 9.15. The largest absolute Gasteiger partial charge is 0.507 e. The number of benzene rings is 2. The summed E-state index contributed by atoms with van der Waals surface area (Å²) in [5.74, 6) is 3.27. The molecule has 4 saturated carbocycles. The maximum absolute atomic E-state index is 11.5. The Morgan fingerprint density at radius 3 is 2.00 bits per heavy atom. The van der Waals surface area contributed by atoms with Crippen LogP contribution in [0.2, 0.25) is 0 Å². The zero-order valence-corrected chi connectivity index (χ0v) is 18.5. The van der Waals surface area contributed by atoms with Gasteiger partial charge in [-0.3, -0.25) is 0 Å². The summed E-state index contributed by atoms with van der Waals surface area (Å²) in [5, 5.41) is 22.9. The number of para-hydroxylation sites is 2. The molecule has 4 bridgehead atoms. The maximum Gasteiger partial charge on any atom is 0.122 e. The Hall–Kier alpha value is -2.04. The van der Waals surface area contributed by atoms with Gasteiger partial charge in [0.2, 0.25) is 0 Å². The molecule has 6 aliphatic rings. The first-order valence-corrected chi connectivity index (χ1v) is 12.5. The highest BCUT2D eigenvalue weighted by atomic mass is 16.6. The van der Waals surface area contributed by atoms with Crippen molar-refractivity contribution in [1.29, 1.82) is 0 Å². The Balaban J connectivity index is 1.36. The molecular formula is C28H32O4. The molecule has 2 aromatic carbocycles. The van der Waals surface area contributed by atoms with Crippen molar-refractivity contribution in [2.45, 2.75) is 68.5 Å². The average Bonchev–Trinajstić information content (AvgIpc) is 3.68. The Morgan fingerprint density at radius 1 is 0.781 bits per heavy atom. The minimum Gasteiger partial charge on any atom is -0.507 e. The fraction of sp³-hybridized carbons (Fsp3) is 0.571. The number of epoxide rings is 2. The highest BCUT2D eigenvalue weighted by Crippen LogP contribution is 2.68. The van der Waals surface area contributed by atoms with E-state index in [9.17, 15) is 10.2 Å². The number of hydrogen-bond donors (Lipinski definition) is 2. The lowest BCUT2D eigenvalue weighted by Gasteiger charge is -2.62. The predicted molar refractivity (Wildman–Crippen MR) is 121 cm³/mol. The molecule has 0 radical (unpaired) electrons. The molecule has 32 heavy (non-hydrogen) atoms. The minimum atomic E-state index is -0.0918. The van der Waals surface area contributed by atoms with Crippen molar-refractivity contribution in [2.24, 2.45) is 17.8 Å². The molecule has 0 aromatic heterocycles. The second kappa shape index (κ2) is 6.98. The van der Waals surface area contributed by atoms with Gasteiger partial charge in [-0.15, -0.1) is 0 Å². The number of rotatable bonds is 6. The smallest absolute Gasteiger partial charge is 0.122 e. The van der Waals surface area contributed by atoms with Crippen LogP contribution in [0.15, 0.2) is 36.4 Å². The van der Waals surface area contributed by atoms with Crippen LogP contribution in [0.3, 0.4) is 0 Å². The van der Waals surface area contributed by atoms with Gasteiger partial charge in [-0.05, 0) is 66.5 Å². The van der Waals surface area contributed by atoms with Gasteiger partial charge < -0.3 is 19.7 Å². The van der Waals surface area contributed by atoms with Crippen LogP contribution in [-0.4, -0.2) is 35.6 Å². The van der Waals surface area contributed by atoms with Crippen LogP contribution in [0.1, 0.15) is 60.3 Å². The second-order valence-electron chi connectivity index (χ2n) is 11.2. The number of aromatic hydroxyl groups is 2. The lowest BCUT2D eigenvalue weighted by molar-refractivity contribution is -0.0296. The van der Waals surface area contributed by atoms with Crippen molar-refractivity contribution < 1.29 is 19.7 Å². The first-order chi connectivity index (χ1) is 15.6. The average molecular weight is 433 g/mol. The van der Waals surface area contributed by atoms with E-state index in [-0.39, 0.29) is 23.5 Å². The van der Waals surface area contributed by atoms with E-state index in [2.05, 4.69) is 36.4 Å². The first kappa shape index (κ1) is 19.4. The van der Waals surface area contributed by atoms with Gasteiger partial charge in [-0.2, -0.15) is 0 Å². The summed E-state index contributed by atoms with van der Waals surface area (Å²) < 4.78 is 10.9. The monoisotopic (exact) mass is 432 g/mol. The number of phenols is 2. The molecule has 6 fully saturated rings. The summed E-state index contributed by atoms with van der Waals surface area (Å²) in [6.45, 7) is 1.60. The van der Waals surface area contributed by atoms with Crippen molar-refractivity contribution in [1.82, 2.24) is 0 Å². The molecule has 2 N–H and O–H groups in total. The highest BCUT2D eigenvalue weighted by molar-refractivity contribution is 5.53. The molecule has 5 atom stereocenters. The molecular weight excluding hydrogens is 400 g/mol. The van der Waals surface area contributed by atoms with Crippen molar-refractivity contribution in [3.63, 3.8) is 0 Å². The van der Waals surface area contributed by atoms with Crippen LogP contribution in [-0.2, 0) is 27.7 Å². The molecule has 8 rings (SSSR count). The Bertz CT molecular complexity index is 1040. The summed E-state index contributed by atoms with van der Waals surface area (Å²) in [6.07, 6.45) is 8.20. The van der Waals surface area contributed by atoms with E-state index < -0.39 is 0 Å². The van der Waals surface area contributed by atoms with E-state index in [1.807, 2.05) is 0 Å². The summed E-state index contributed by atoms with van der Waals surface area (Å²) in [6, 6.07) is 12.7. The van der Waals surface area contributed by atoms with E-state index in [0.29, 0.717) is 17.4 Å². The molecule has 0 amide bonds. The van der Waals surface area contributed by atoms with Crippen LogP contribution in [0.25, 0.3) is 0 Å². The predicted octanol–water partition coefficient (Wildman–Crippen LogP) is 4.84. The fourth-order valence-corrected chi connectivity index (χ4v) is 8.03. The van der Waals surface area contributed by atoms with Gasteiger partial charge in [0.05, 0.1) is 25.4 Å². The van der Waals surface area contributed by atoms with Crippen LogP contribution in [0, 0.1) is 17.8 Å². The van der Waals surface area contributed by atoms with Crippen molar-refractivity contribution in [3.05, 3.63) is 58.7 Å². The van der Waals surface area contributed by atoms with Gasteiger partial charge in [0.1, 0.15) is 11.5 Å². The molecule has 4 heteroatoms. The molecule has 5 unspecified atom stereocenters. The Morgan fingerprint density at radius 2 is 1.38 bits per heavy atom. The van der Waals surface area contributed by atoms with E-state index >= 15 is 0 Å². The van der Waals surface area contributed by atoms with E-state index in [4.69, 9.17) is 9.47 Å². The lowest BCUT2D eigenvalue weighted by Crippen LogP contribution is -2.54. The summed E-state index contributed by atoms with van der Waals surface area (Å²) in [4.78, 5) is 0. The maximum atomic E-state index is 11.5. The van der Waals surface area contributed by atoms with Crippen molar-refractivity contribution in [3.8, 4) is 11.5 Å². The normalized spacial score (nSPS) is 38.8.